The van der Waals surface area contributed by atoms with Crippen molar-refractivity contribution in [2.24, 2.45) is 0 Å². The molecule has 1 amide bonds. The molecule has 7 nitrogen and oxygen atoms in total. The molecular formula is C25H32N4O3S. The number of benzene rings is 2. The van der Waals surface area contributed by atoms with E-state index in [1.54, 1.807) is 16.4 Å². The fraction of sp³-hybridized carbons (Fsp3) is 0.440. The van der Waals surface area contributed by atoms with Crippen LogP contribution in [-0.2, 0) is 34.3 Å². The van der Waals surface area contributed by atoms with Crippen molar-refractivity contribution in [2.75, 3.05) is 13.1 Å². The summed E-state index contributed by atoms with van der Waals surface area (Å²) < 4.78 is 29.7. The lowest BCUT2D eigenvalue weighted by atomic mass is 10.2. The van der Waals surface area contributed by atoms with Crippen LogP contribution < -0.4 is 5.32 Å². The van der Waals surface area contributed by atoms with Gasteiger partial charge in [-0.1, -0.05) is 43.7 Å². The third-order valence-corrected chi connectivity index (χ3v) is 8.04. The minimum Gasteiger partial charge on any atom is -0.352 e. The van der Waals surface area contributed by atoms with Gasteiger partial charge in [-0.25, -0.2) is 13.4 Å². The molecule has 0 unspecified atom stereocenters. The highest BCUT2D eigenvalue weighted by Crippen LogP contribution is 2.26. The van der Waals surface area contributed by atoms with E-state index < -0.39 is 10.0 Å². The summed E-state index contributed by atoms with van der Waals surface area (Å²) in [4.78, 5) is 17.5. The van der Waals surface area contributed by atoms with Gasteiger partial charge in [0.05, 0.1) is 15.9 Å². The zero-order valence-electron chi connectivity index (χ0n) is 19.2. The average Bonchev–Trinajstić information content (AvgIpc) is 3.49. The molecule has 3 aromatic rings. The van der Waals surface area contributed by atoms with E-state index in [-0.39, 0.29) is 5.91 Å². The van der Waals surface area contributed by atoms with Crippen molar-refractivity contribution in [3.63, 3.8) is 0 Å². The molecule has 1 aliphatic heterocycles. The second-order valence-corrected chi connectivity index (χ2v) is 10.5. The van der Waals surface area contributed by atoms with Crippen LogP contribution in [-0.4, -0.2) is 41.3 Å². The Bertz CT molecular complexity index is 1200. The van der Waals surface area contributed by atoms with E-state index in [0.717, 1.165) is 49.1 Å². The maximum Gasteiger partial charge on any atom is 0.243 e. The average molecular weight is 469 g/mol. The van der Waals surface area contributed by atoms with Gasteiger partial charge in [-0.2, -0.15) is 4.31 Å². The van der Waals surface area contributed by atoms with Gasteiger partial charge in [-0.05, 0) is 43.0 Å². The molecule has 4 rings (SSSR count). The maximum absolute atomic E-state index is 13.0. The van der Waals surface area contributed by atoms with Crippen molar-refractivity contribution in [3.8, 4) is 0 Å². The van der Waals surface area contributed by atoms with Gasteiger partial charge in [-0.3, -0.25) is 4.79 Å². The molecule has 1 aliphatic rings. The minimum atomic E-state index is -3.49. The Morgan fingerprint density at radius 2 is 1.85 bits per heavy atom. The summed E-state index contributed by atoms with van der Waals surface area (Å²) in [5.74, 6) is 0.800. The van der Waals surface area contributed by atoms with Crippen molar-refractivity contribution in [2.45, 2.75) is 63.4 Å². The number of imidazole rings is 1. The first-order valence-corrected chi connectivity index (χ1v) is 13.2. The summed E-state index contributed by atoms with van der Waals surface area (Å²) in [6, 6.07) is 15.1. The molecule has 1 saturated heterocycles. The second kappa shape index (κ2) is 10.5. The number of hydrogen-bond acceptors (Lipinski definition) is 4. The largest absolute Gasteiger partial charge is 0.352 e. The third kappa shape index (κ3) is 5.45. The number of fused-ring (bicyclic) bond motifs is 1. The predicted octanol–water partition coefficient (Wildman–Crippen LogP) is 3.87. The topological polar surface area (TPSA) is 84.3 Å². The van der Waals surface area contributed by atoms with E-state index in [1.807, 2.05) is 36.4 Å². The number of aryl methyl sites for hydroxylation is 2. The molecule has 0 aliphatic carbocycles. The fourth-order valence-electron chi connectivity index (χ4n) is 4.26. The molecule has 0 radical (unpaired) electrons. The zero-order chi connectivity index (χ0) is 23.3. The van der Waals surface area contributed by atoms with Crippen LogP contribution in [0.3, 0.4) is 0 Å². The molecule has 2 aromatic carbocycles. The van der Waals surface area contributed by atoms with E-state index in [2.05, 4.69) is 16.8 Å². The number of rotatable bonds is 10. The van der Waals surface area contributed by atoms with Gasteiger partial charge in [0.25, 0.3) is 0 Å². The maximum atomic E-state index is 13.0. The van der Waals surface area contributed by atoms with Gasteiger partial charge in [-0.15, -0.1) is 0 Å². The molecule has 0 saturated carbocycles. The Hall–Kier alpha value is -2.71. The molecule has 0 spiro atoms. The van der Waals surface area contributed by atoms with E-state index >= 15 is 0 Å². The van der Waals surface area contributed by atoms with Gasteiger partial charge < -0.3 is 9.88 Å². The van der Waals surface area contributed by atoms with Gasteiger partial charge in [0.1, 0.15) is 5.82 Å². The summed E-state index contributed by atoms with van der Waals surface area (Å²) in [5, 5.41) is 2.97. The highest BCUT2D eigenvalue weighted by molar-refractivity contribution is 7.89. The Morgan fingerprint density at radius 1 is 1.09 bits per heavy atom. The smallest absolute Gasteiger partial charge is 0.243 e. The van der Waals surface area contributed by atoms with Gasteiger partial charge >= 0.3 is 0 Å². The number of unbranched alkanes of at least 4 members (excludes halogenated alkanes) is 1. The Kier molecular flexibility index (Phi) is 7.45. The highest BCUT2D eigenvalue weighted by Gasteiger charge is 2.27. The summed E-state index contributed by atoms with van der Waals surface area (Å²) >= 11 is 0. The quantitative estimate of drug-likeness (QED) is 0.490. The molecule has 1 fully saturated rings. The van der Waals surface area contributed by atoms with Crippen molar-refractivity contribution < 1.29 is 13.2 Å². The number of carbonyl (C=O) groups excluding carboxylic acids is 1. The predicted molar refractivity (Wildman–Crippen MR) is 129 cm³/mol. The number of nitrogens with zero attached hydrogens (tertiary/aromatic N) is 3. The molecule has 1 N–H and O–H groups in total. The molecule has 2 heterocycles. The van der Waals surface area contributed by atoms with Gasteiger partial charge in [0.2, 0.25) is 15.9 Å². The zero-order valence-corrected chi connectivity index (χ0v) is 20.0. The van der Waals surface area contributed by atoms with Crippen LogP contribution in [0.2, 0.25) is 0 Å². The van der Waals surface area contributed by atoms with E-state index in [1.165, 1.54) is 0 Å². The molecule has 0 bridgehead atoms. The Morgan fingerprint density at radius 3 is 2.58 bits per heavy atom. The van der Waals surface area contributed by atoms with E-state index in [4.69, 9.17) is 4.98 Å². The Balaban J connectivity index is 1.51. The van der Waals surface area contributed by atoms with Crippen LogP contribution in [0.25, 0.3) is 11.0 Å². The van der Waals surface area contributed by atoms with Crippen molar-refractivity contribution in [1.29, 1.82) is 0 Å². The highest BCUT2D eigenvalue weighted by atomic mass is 32.2. The number of hydrogen-bond donors (Lipinski definition) is 1. The molecule has 176 valence electrons. The number of carbonyl (C=O) groups is 1. The first-order chi connectivity index (χ1) is 16.0. The van der Waals surface area contributed by atoms with Crippen LogP contribution in [0.1, 0.15) is 50.4 Å². The lowest BCUT2D eigenvalue weighted by molar-refractivity contribution is -0.121. The van der Waals surface area contributed by atoms with Crippen LogP contribution in [0.4, 0.5) is 0 Å². The van der Waals surface area contributed by atoms with Crippen molar-refractivity contribution in [1.82, 2.24) is 19.2 Å². The van der Waals surface area contributed by atoms with Crippen molar-refractivity contribution >= 4 is 27.0 Å². The first kappa shape index (κ1) is 23.4. The summed E-state index contributed by atoms with van der Waals surface area (Å²) in [5.41, 5.74) is 2.65. The third-order valence-electron chi connectivity index (χ3n) is 6.15. The van der Waals surface area contributed by atoms with Crippen molar-refractivity contribution in [3.05, 3.63) is 59.9 Å². The molecule has 0 atom stereocenters. The van der Waals surface area contributed by atoms with Crippen LogP contribution in [0.15, 0.2) is 53.4 Å². The van der Waals surface area contributed by atoms with Gasteiger partial charge in [0.15, 0.2) is 0 Å². The number of sulfonamides is 1. The summed E-state index contributed by atoms with van der Waals surface area (Å²) in [6.07, 6.45) is 4.69. The van der Waals surface area contributed by atoms with Crippen LogP contribution >= 0.6 is 0 Å². The number of aromatic nitrogens is 2. The summed E-state index contributed by atoms with van der Waals surface area (Å²) in [6.45, 7) is 4.59. The van der Waals surface area contributed by atoms with Gasteiger partial charge in [0, 0.05) is 39.0 Å². The van der Waals surface area contributed by atoms with E-state index in [0.29, 0.717) is 42.9 Å². The molecule has 33 heavy (non-hydrogen) atoms. The van der Waals surface area contributed by atoms with Crippen LogP contribution in [0.5, 0.6) is 0 Å². The van der Waals surface area contributed by atoms with E-state index in [9.17, 15) is 13.2 Å². The minimum absolute atomic E-state index is 0.0229. The standard InChI is InChI=1S/C25H32N4O3S/c1-2-3-17-29-23-12-11-21(33(31,32)28-15-7-8-16-28)18-22(23)27-24(29)13-14-25(30)26-19-20-9-5-4-6-10-20/h4-6,9-12,18H,2-3,7-8,13-17,19H2,1H3,(H,26,30). The lowest BCUT2D eigenvalue weighted by Gasteiger charge is -2.15. The molecular weight excluding hydrogens is 436 g/mol. The molecule has 8 heteroatoms. The fourth-order valence-corrected chi connectivity index (χ4v) is 5.80. The summed E-state index contributed by atoms with van der Waals surface area (Å²) in [7, 11) is -3.49. The normalized spacial score (nSPS) is 14.7. The monoisotopic (exact) mass is 468 g/mol. The SMILES string of the molecule is CCCCn1c(CCC(=O)NCc2ccccc2)nc2cc(S(=O)(=O)N3CCCC3)ccc21. The molecule has 1 aromatic heterocycles. The first-order valence-electron chi connectivity index (χ1n) is 11.8. The second-order valence-electron chi connectivity index (χ2n) is 8.56. The van der Waals surface area contributed by atoms with Crippen LogP contribution in [0, 0.1) is 0 Å². The number of nitrogens with one attached hydrogen (secondary N) is 1. The lowest BCUT2D eigenvalue weighted by Crippen LogP contribution is -2.27. The number of amides is 1. The Labute approximate surface area is 195 Å².